The van der Waals surface area contributed by atoms with Gasteiger partial charge in [-0.2, -0.15) is 13.2 Å². The van der Waals surface area contributed by atoms with Gasteiger partial charge in [-0.15, -0.1) is 0 Å². The van der Waals surface area contributed by atoms with Crippen molar-refractivity contribution in [3.8, 4) is 11.1 Å². The second-order valence-corrected chi connectivity index (χ2v) is 11.1. The molecule has 0 spiro atoms. The molecule has 0 saturated heterocycles. The van der Waals surface area contributed by atoms with E-state index in [2.05, 4.69) is 4.99 Å². The van der Waals surface area contributed by atoms with Crippen LogP contribution in [0.4, 0.5) is 13.2 Å². The summed E-state index contributed by atoms with van der Waals surface area (Å²) in [5.74, 6) is -0.439. The highest BCUT2D eigenvalue weighted by Gasteiger charge is 2.61. The van der Waals surface area contributed by atoms with Crippen LogP contribution in [0.5, 0.6) is 0 Å². The lowest BCUT2D eigenvalue weighted by Gasteiger charge is -2.40. The quantitative estimate of drug-likeness (QED) is 0.142. The van der Waals surface area contributed by atoms with Crippen molar-refractivity contribution in [1.82, 2.24) is 4.90 Å². The summed E-state index contributed by atoms with van der Waals surface area (Å²) in [6.45, 7) is 7.03. The third kappa shape index (κ3) is 8.61. The van der Waals surface area contributed by atoms with Crippen LogP contribution in [0.25, 0.3) is 11.1 Å². The average molecular weight is 579 g/mol. The number of carbonyl (C=O) groups excluding carboxylic acids is 1. The highest BCUT2D eigenvalue weighted by atomic mass is 19.4. The van der Waals surface area contributed by atoms with E-state index >= 15 is 0 Å². The van der Waals surface area contributed by atoms with Crippen LogP contribution in [0.1, 0.15) is 62.9 Å². The van der Waals surface area contributed by atoms with E-state index in [1.54, 1.807) is 45.0 Å². The number of rotatable bonds is 14. The molecule has 0 fully saturated rings. The van der Waals surface area contributed by atoms with Crippen LogP contribution in [-0.2, 0) is 25.5 Å². The van der Waals surface area contributed by atoms with Crippen molar-refractivity contribution < 1.29 is 36.9 Å². The van der Waals surface area contributed by atoms with Gasteiger partial charge in [-0.05, 0) is 49.9 Å². The number of aliphatic imine (C=N–C) groups is 1. The first-order valence-corrected chi connectivity index (χ1v) is 13.9. The lowest BCUT2D eigenvalue weighted by molar-refractivity contribution is -0.230. The molecule has 0 radical (unpaired) electrons. The summed E-state index contributed by atoms with van der Waals surface area (Å²) in [7, 11) is 1.51. The molecule has 41 heavy (non-hydrogen) atoms. The predicted molar refractivity (Wildman–Crippen MR) is 152 cm³/mol. The van der Waals surface area contributed by atoms with Crippen LogP contribution < -0.4 is 0 Å². The molecule has 3 rings (SSSR count). The SMILES string of the molecule is CCCCC1N=CC(COCOCCOC)(C(F)(F)F)N1Cc1ccc(-c2ccccc2C(=O)OC(C)(C)C)cc1. The summed E-state index contributed by atoms with van der Waals surface area (Å²) in [5, 5.41) is 0. The van der Waals surface area contributed by atoms with Gasteiger partial charge in [0.25, 0.3) is 0 Å². The fourth-order valence-corrected chi connectivity index (χ4v) is 4.62. The molecule has 0 aliphatic carbocycles. The maximum absolute atomic E-state index is 14.7. The molecular formula is C31H41F3N2O5. The lowest BCUT2D eigenvalue weighted by atomic mass is 9.96. The molecule has 226 valence electrons. The maximum atomic E-state index is 14.7. The van der Waals surface area contributed by atoms with Crippen molar-refractivity contribution in [1.29, 1.82) is 0 Å². The molecule has 1 heterocycles. The smallest absolute Gasteiger partial charge is 0.414 e. The van der Waals surface area contributed by atoms with Gasteiger partial charge < -0.3 is 18.9 Å². The van der Waals surface area contributed by atoms with E-state index in [0.29, 0.717) is 29.7 Å². The number of alkyl halides is 3. The number of benzene rings is 2. The van der Waals surface area contributed by atoms with E-state index in [-0.39, 0.29) is 19.9 Å². The summed E-state index contributed by atoms with van der Waals surface area (Å²) < 4.78 is 65.2. The van der Waals surface area contributed by atoms with E-state index in [1.165, 1.54) is 12.0 Å². The lowest BCUT2D eigenvalue weighted by Crippen LogP contribution is -2.62. The van der Waals surface area contributed by atoms with Gasteiger partial charge in [-0.25, -0.2) is 4.79 Å². The molecule has 0 bridgehead atoms. The standard InChI is InChI=1S/C31H41F3N2O5/c1-6-7-12-27-35-20-30(31(32,33)34,21-40-22-39-18-17-38-5)36(27)19-23-13-15-24(16-14-23)25-10-8-9-11-26(25)28(37)41-29(2,3)4/h8-11,13-16,20,27H,6-7,12,17-19,21-22H2,1-5H3. The number of unbranched alkanes of at least 4 members (excludes halogenated alkanes) is 1. The van der Waals surface area contributed by atoms with Crippen molar-refractivity contribution in [2.45, 2.75) is 77.0 Å². The van der Waals surface area contributed by atoms with Gasteiger partial charge in [0, 0.05) is 19.9 Å². The number of halogens is 3. The largest absolute Gasteiger partial charge is 0.456 e. The van der Waals surface area contributed by atoms with Crippen LogP contribution in [0, 0.1) is 0 Å². The normalized spacial score (nSPS) is 19.6. The van der Waals surface area contributed by atoms with Crippen LogP contribution in [0.3, 0.4) is 0 Å². The molecule has 2 aromatic rings. The molecule has 2 atom stereocenters. The Morgan fingerprint density at radius 2 is 1.73 bits per heavy atom. The Bertz CT molecular complexity index is 1150. The van der Waals surface area contributed by atoms with Crippen LogP contribution >= 0.6 is 0 Å². The molecule has 0 amide bonds. The molecular weight excluding hydrogens is 537 g/mol. The van der Waals surface area contributed by atoms with Crippen LogP contribution in [-0.4, -0.2) is 74.3 Å². The third-order valence-electron chi connectivity index (χ3n) is 6.72. The first-order chi connectivity index (χ1) is 19.4. The first kappa shape index (κ1) is 32.7. The Kier molecular flexibility index (Phi) is 11.5. The van der Waals surface area contributed by atoms with Gasteiger partial charge in [-0.1, -0.05) is 62.2 Å². The number of methoxy groups -OCH3 is 1. The Hall–Kier alpha value is -2.79. The van der Waals surface area contributed by atoms with Gasteiger partial charge in [0.15, 0.2) is 5.54 Å². The highest BCUT2D eigenvalue weighted by molar-refractivity contribution is 5.97. The predicted octanol–water partition coefficient (Wildman–Crippen LogP) is 6.65. The minimum Gasteiger partial charge on any atom is -0.456 e. The van der Waals surface area contributed by atoms with Crippen molar-refractivity contribution in [3.05, 3.63) is 59.7 Å². The molecule has 7 nitrogen and oxygen atoms in total. The molecule has 2 unspecified atom stereocenters. The van der Waals surface area contributed by atoms with Crippen molar-refractivity contribution in [2.75, 3.05) is 33.7 Å². The van der Waals surface area contributed by atoms with Gasteiger partial charge in [0.05, 0.1) is 25.4 Å². The highest BCUT2D eigenvalue weighted by Crippen LogP contribution is 2.41. The van der Waals surface area contributed by atoms with Crippen molar-refractivity contribution in [3.63, 3.8) is 0 Å². The fourth-order valence-electron chi connectivity index (χ4n) is 4.62. The van der Waals surface area contributed by atoms with Gasteiger partial charge in [-0.3, -0.25) is 9.89 Å². The zero-order valence-corrected chi connectivity index (χ0v) is 24.5. The van der Waals surface area contributed by atoms with Crippen LogP contribution in [0.2, 0.25) is 0 Å². The maximum Gasteiger partial charge on any atom is 0.414 e. The Balaban J connectivity index is 1.85. The summed E-state index contributed by atoms with van der Waals surface area (Å²) in [6, 6.07) is 14.3. The summed E-state index contributed by atoms with van der Waals surface area (Å²) in [6.07, 6.45) is -2.19. The molecule has 0 saturated carbocycles. The zero-order valence-electron chi connectivity index (χ0n) is 24.5. The minimum absolute atomic E-state index is 0.00970. The van der Waals surface area contributed by atoms with Crippen molar-refractivity contribution >= 4 is 12.2 Å². The van der Waals surface area contributed by atoms with E-state index in [1.807, 2.05) is 31.2 Å². The molecule has 1 aliphatic rings. The second-order valence-electron chi connectivity index (χ2n) is 11.1. The number of esters is 1. The summed E-state index contributed by atoms with van der Waals surface area (Å²) >= 11 is 0. The fraction of sp³-hybridized carbons (Fsp3) is 0.548. The molecule has 0 N–H and O–H groups in total. The average Bonchev–Trinajstić information content (AvgIpc) is 3.27. The Morgan fingerprint density at radius 1 is 1.02 bits per heavy atom. The van der Waals surface area contributed by atoms with Crippen LogP contribution in [0.15, 0.2) is 53.5 Å². The molecule has 2 aromatic carbocycles. The number of carbonyl (C=O) groups is 1. The van der Waals surface area contributed by atoms with Gasteiger partial charge >= 0.3 is 12.1 Å². The van der Waals surface area contributed by atoms with E-state index < -0.39 is 36.1 Å². The van der Waals surface area contributed by atoms with Crippen molar-refractivity contribution in [2.24, 2.45) is 4.99 Å². The van der Waals surface area contributed by atoms with Gasteiger partial charge in [0.2, 0.25) is 0 Å². The number of hydrogen-bond donors (Lipinski definition) is 0. The number of ether oxygens (including phenoxy) is 4. The van der Waals surface area contributed by atoms with E-state index in [0.717, 1.165) is 24.6 Å². The molecule has 0 aromatic heterocycles. The van der Waals surface area contributed by atoms with Gasteiger partial charge in [0.1, 0.15) is 18.6 Å². The molecule has 10 heteroatoms. The van der Waals surface area contributed by atoms with E-state index in [9.17, 15) is 18.0 Å². The number of hydrogen-bond acceptors (Lipinski definition) is 7. The zero-order chi connectivity index (χ0) is 30.1. The first-order valence-electron chi connectivity index (χ1n) is 13.9. The topological polar surface area (TPSA) is 69.6 Å². The van der Waals surface area contributed by atoms with E-state index in [4.69, 9.17) is 18.9 Å². The minimum atomic E-state index is -4.63. The third-order valence-corrected chi connectivity index (χ3v) is 6.72. The Labute approximate surface area is 240 Å². The monoisotopic (exact) mass is 578 g/mol. The summed E-state index contributed by atoms with van der Waals surface area (Å²) in [5.41, 5.74) is -0.494. The Morgan fingerprint density at radius 3 is 2.37 bits per heavy atom. The second kappa shape index (κ2) is 14.4. The number of nitrogens with zero attached hydrogens (tertiary/aromatic N) is 2. The summed E-state index contributed by atoms with van der Waals surface area (Å²) in [4.78, 5) is 18.5. The molecule has 1 aliphatic heterocycles.